The zero-order valence-electron chi connectivity index (χ0n) is 40.3. The third kappa shape index (κ3) is 8.74. The fourth-order valence-electron chi connectivity index (χ4n) is 11.4. The lowest BCUT2D eigenvalue weighted by Crippen LogP contribution is -2.12. The quantitative estimate of drug-likeness (QED) is 0.116. The summed E-state index contributed by atoms with van der Waals surface area (Å²) in [5, 5.41) is 9.94. The van der Waals surface area contributed by atoms with E-state index in [9.17, 15) is 0 Å². The lowest BCUT2D eigenvalue weighted by Gasteiger charge is -2.28. The highest BCUT2D eigenvalue weighted by Gasteiger charge is 2.26. The minimum absolute atomic E-state index is 0.457. The minimum atomic E-state index is 0.457. The van der Waals surface area contributed by atoms with Crippen LogP contribution in [0.1, 0.15) is 58.1 Å². The van der Waals surface area contributed by atoms with Crippen molar-refractivity contribution in [1.29, 1.82) is 0 Å². The molecule has 5 heteroatoms. The molecule has 0 fully saturated rings. The zero-order valence-corrected chi connectivity index (χ0v) is 40.3. The summed E-state index contributed by atoms with van der Waals surface area (Å²) in [5.41, 5.74) is 21.4. The van der Waals surface area contributed by atoms with Gasteiger partial charge >= 0.3 is 0 Å². The Morgan fingerprint density at radius 1 is 0.394 bits per heavy atom. The molecule has 346 valence electrons. The number of aromatic nitrogens is 3. The number of nitrogens with zero attached hydrogens (tertiary/aromatic N) is 3. The van der Waals surface area contributed by atoms with E-state index in [0.717, 1.165) is 72.3 Å². The van der Waals surface area contributed by atoms with Crippen LogP contribution in [0.4, 0.5) is 0 Å². The van der Waals surface area contributed by atoms with Crippen molar-refractivity contribution in [2.24, 2.45) is 0 Å². The standard InChI is InChI=1S/C66H55N3O2/c1-70-57-41-55(42-58(43-57)71-2)66-68-67-65(69(66)56-22-4-3-5-23-56)54-39-52(46-20-14-16-44(34-46)30-32-50-36-48-18-6-8-24-59(48)63-28-12-10-26-61(50)63)38-53(40-54)47-21-15-17-45(35-47)31-33-51-37-49-19-7-9-25-60(49)64-29-13-11-27-62(51)64/h3-29,34-35,38-43,50-51H,30-33,36-37H2,1-2H3. The summed E-state index contributed by atoms with van der Waals surface area (Å²) in [6.07, 6.45) is 6.23. The third-order valence-corrected chi connectivity index (χ3v) is 14.9. The van der Waals surface area contributed by atoms with Crippen LogP contribution in [0.5, 0.6) is 11.5 Å². The topological polar surface area (TPSA) is 49.2 Å². The molecule has 1 heterocycles. The number of benzene rings is 9. The molecule has 0 aliphatic heterocycles. The monoisotopic (exact) mass is 921 g/mol. The van der Waals surface area contributed by atoms with Gasteiger partial charge in [0, 0.05) is 22.9 Å². The van der Waals surface area contributed by atoms with Gasteiger partial charge in [-0.3, -0.25) is 4.57 Å². The number of ether oxygens (including phenoxy) is 2. The maximum atomic E-state index is 5.73. The van der Waals surface area contributed by atoms with E-state index >= 15 is 0 Å². The summed E-state index contributed by atoms with van der Waals surface area (Å²) in [4.78, 5) is 0. The first kappa shape index (κ1) is 44.0. The molecule has 2 aliphatic carbocycles. The molecule has 0 amide bonds. The highest BCUT2D eigenvalue weighted by atomic mass is 16.5. The van der Waals surface area contributed by atoms with Gasteiger partial charge in [-0.2, -0.15) is 0 Å². The molecule has 9 aromatic carbocycles. The predicted molar refractivity (Wildman–Crippen MR) is 289 cm³/mol. The molecule has 12 rings (SSSR count). The molecule has 0 saturated carbocycles. The number of methoxy groups -OCH3 is 2. The molecule has 0 N–H and O–H groups in total. The van der Waals surface area contributed by atoms with Gasteiger partial charge in [0.1, 0.15) is 11.5 Å². The summed E-state index contributed by atoms with van der Waals surface area (Å²) >= 11 is 0. The highest BCUT2D eigenvalue weighted by Crippen LogP contribution is 2.44. The summed E-state index contributed by atoms with van der Waals surface area (Å²) in [5.74, 6) is 3.72. The van der Waals surface area contributed by atoms with Gasteiger partial charge in [-0.25, -0.2) is 0 Å². The first-order valence-electron chi connectivity index (χ1n) is 25.0. The Kier molecular flexibility index (Phi) is 11.9. The molecule has 1 aromatic heterocycles. The maximum absolute atomic E-state index is 5.73. The van der Waals surface area contributed by atoms with Crippen molar-refractivity contribution >= 4 is 0 Å². The van der Waals surface area contributed by atoms with Crippen molar-refractivity contribution in [2.45, 2.75) is 50.4 Å². The van der Waals surface area contributed by atoms with Crippen LogP contribution in [-0.4, -0.2) is 29.0 Å². The second kappa shape index (κ2) is 19.3. The predicted octanol–water partition coefficient (Wildman–Crippen LogP) is 15.8. The Morgan fingerprint density at radius 3 is 1.34 bits per heavy atom. The molecule has 0 spiro atoms. The number of hydrogen-bond donors (Lipinski definition) is 0. The number of aryl methyl sites for hydroxylation is 2. The number of hydrogen-bond acceptors (Lipinski definition) is 4. The van der Waals surface area contributed by atoms with Gasteiger partial charge in [-0.15, -0.1) is 10.2 Å². The van der Waals surface area contributed by atoms with Crippen LogP contribution in [0.15, 0.2) is 212 Å². The van der Waals surface area contributed by atoms with Crippen LogP contribution < -0.4 is 9.47 Å². The number of rotatable bonds is 13. The van der Waals surface area contributed by atoms with Gasteiger partial charge in [0.25, 0.3) is 0 Å². The van der Waals surface area contributed by atoms with E-state index in [1.165, 1.54) is 66.8 Å². The summed E-state index contributed by atoms with van der Waals surface area (Å²) in [6, 6.07) is 77.4. The fourth-order valence-corrected chi connectivity index (χ4v) is 11.4. The van der Waals surface area contributed by atoms with Crippen molar-refractivity contribution in [3.8, 4) is 84.5 Å². The van der Waals surface area contributed by atoms with Crippen molar-refractivity contribution < 1.29 is 9.47 Å². The first-order valence-corrected chi connectivity index (χ1v) is 25.0. The third-order valence-electron chi connectivity index (χ3n) is 14.9. The molecule has 0 bridgehead atoms. The second-order valence-corrected chi connectivity index (χ2v) is 19.2. The van der Waals surface area contributed by atoms with Crippen LogP contribution in [0.2, 0.25) is 0 Å². The van der Waals surface area contributed by atoms with Gasteiger partial charge in [-0.1, -0.05) is 164 Å². The fraction of sp³-hybridized carbons (Fsp3) is 0.152. The number of fused-ring (bicyclic) bond motifs is 6. The van der Waals surface area contributed by atoms with Crippen molar-refractivity contribution in [3.05, 3.63) is 246 Å². The van der Waals surface area contributed by atoms with Crippen molar-refractivity contribution in [2.75, 3.05) is 14.2 Å². The molecule has 0 saturated heterocycles. The molecule has 5 nitrogen and oxygen atoms in total. The Hall–Kier alpha value is -8.28. The summed E-state index contributed by atoms with van der Waals surface area (Å²) < 4.78 is 13.6. The van der Waals surface area contributed by atoms with E-state index in [4.69, 9.17) is 19.7 Å². The van der Waals surface area contributed by atoms with Gasteiger partial charge in [-0.05, 0) is 171 Å². The van der Waals surface area contributed by atoms with Crippen LogP contribution >= 0.6 is 0 Å². The average Bonchev–Trinajstić information content (AvgIpc) is 3.90. The van der Waals surface area contributed by atoms with E-state index in [-0.39, 0.29) is 0 Å². The second-order valence-electron chi connectivity index (χ2n) is 19.2. The van der Waals surface area contributed by atoms with E-state index in [0.29, 0.717) is 29.2 Å². The Bertz CT molecular complexity index is 3370. The van der Waals surface area contributed by atoms with Crippen molar-refractivity contribution in [1.82, 2.24) is 14.8 Å². The van der Waals surface area contributed by atoms with Gasteiger partial charge in [0.2, 0.25) is 0 Å². The summed E-state index contributed by atoms with van der Waals surface area (Å²) in [7, 11) is 3.34. The van der Waals surface area contributed by atoms with E-state index in [1.54, 1.807) is 14.2 Å². The molecule has 10 aromatic rings. The molecular weight excluding hydrogens is 867 g/mol. The Morgan fingerprint density at radius 2 is 0.831 bits per heavy atom. The largest absolute Gasteiger partial charge is 0.497 e. The Balaban J connectivity index is 0.923. The maximum Gasteiger partial charge on any atom is 0.169 e. The molecular formula is C66H55N3O2. The SMILES string of the molecule is COc1cc(OC)cc(-c2nnc(-c3cc(-c4cccc(CCC5Cc6ccccc6-c6ccccc65)c4)cc(-c4cccc(CCC5Cc6ccccc6-c6ccccc65)c4)c3)n2-c2ccccc2)c1. The van der Waals surface area contributed by atoms with Crippen molar-refractivity contribution in [3.63, 3.8) is 0 Å². The van der Waals surface area contributed by atoms with Crippen LogP contribution in [-0.2, 0) is 25.7 Å². The summed E-state index contributed by atoms with van der Waals surface area (Å²) in [6.45, 7) is 0. The zero-order chi connectivity index (χ0) is 47.7. The van der Waals surface area contributed by atoms with E-state index < -0.39 is 0 Å². The normalized spacial score (nSPS) is 14.5. The lowest BCUT2D eigenvalue weighted by atomic mass is 9.76. The van der Waals surface area contributed by atoms with Crippen LogP contribution in [0.3, 0.4) is 0 Å². The van der Waals surface area contributed by atoms with Crippen LogP contribution in [0.25, 0.3) is 73.0 Å². The molecule has 71 heavy (non-hydrogen) atoms. The molecule has 0 radical (unpaired) electrons. The van der Waals surface area contributed by atoms with Gasteiger partial charge in [0.05, 0.1) is 14.2 Å². The van der Waals surface area contributed by atoms with Gasteiger partial charge < -0.3 is 9.47 Å². The highest BCUT2D eigenvalue weighted by molar-refractivity contribution is 5.82. The molecule has 2 aliphatic rings. The number of para-hydroxylation sites is 1. The van der Waals surface area contributed by atoms with Gasteiger partial charge in [0.15, 0.2) is 11.6 Å². The van der Waals surface area contributed by atoms with E-state index in [1.807, 2.05) is 24.3 Å². The van der Waals surface area contributed by atoms with Crippen LogP contribution in [0, 0.1) is 0 Å². The molecule has 2 unspecified atom stereocenters. The lowest BCUT2D eigenvalue weighted by molar-refractivity contribution is 0.394. The minimum Gasteiger partial charge on any atom is -0.497 e. The smallest absolute Gasteiger partial charge is 0.169 e. The Labute approximate surface area is 417 Å². The molecule has 2 atom stereocenters. The first-order chi connectivity index (χ1) is 35.1. The average molecular weight is 922 g/mol. The van der Waals surface area contributed by atoms with E-state index in [2.05, 4.69) is 193 Å².